The number of nitrogens with one attached hydrogen (secondary N) is 1. The summed E-state index contributed by atoms with van der Waals surface area (Å²) in [6, 6.07) is 3.76. The largest absolute Gasteiger partial charge is 0.507 e. The van der Waals surface area contributed by atoms with Gasteiger partial charge in [0.25, 0.3) is 0 Å². The SMILES string of the molecule is N=C(N)c1c(O)cccc1F. The number of hydrogen-bond donors (Lipinski definition) is 3. The third kappa shape index (κ3) is 1.29. The normalized spacial score (nSPS) is 9.55. The van der Waals surface area contributed by atoms with E-state index in [-0.39, 0.29) is 11.3 Å². The lowest BCUT2D eigenvalue weighted by molar-refractivity contribution is 0.467. The molecule has 0 unspecified atom stereocenters. The Hall–Kier alpha value is -1.58. The van der Waals surface area contributed by atoms with E-state index in [1.54, 1.807) is 0 Å². The van der Waals surface area contributed by atoms with Gasteiger partial charge in [-0.3, -0.25) is 5.41 Å². The molecule has 1 aromatic carbocycles. The molecule has 0 atom stereocenters. The van der Waals surface area contributed by atoms with Crippen molar-refractivity contribution in [3.05, 3.63) is 29.6 Å². The first-order valence-electron chi connectivity index (χ1n) is 2.95. The third-order valence-electron chi connectivity index (χ3n) is 1.26. The van der Waals surface area contributed by atoms with Crippen molar-refractivity contribution in [2.75, 3.05) is 0 Å². The van der Waals surface area contributed by atoms with Crippen molar-refractivity contribution in [2.45, 2.75) is 0 Å². The molecular weight excluding hydrogens is 147 g/mol. The number of aromatic hydroxyl groups is 1. The van der Waals surface area contributed by atoms with Gasteiger partial charge in [0.1, 0.15) is 17.4 Å². The minimum Gasteiger partial charge on any atom is -0.507 e. The molecule has 0 radical (unpaired) electrons. The van der Waals surface area contributed by atoms with E-state index in [9.17, 15) is 4.39 Å². The number of phenolic OH excluding ortho intramolecular Hbond substituents is 1. The number of phenols is 1. The van der Waals surface area contributed by atoms with E-state index in [2.05, 4.69) is 0 Å². The zero-order valence-corrected chi connectivity index (χ0v) is 5.63. The van der Waals surface area contributed by atoms with Gasteiger partial charge in [-0.15, -0.1) is 0 Å². The fourth-order valence-corrected chi connectivity index (χ4v) is 0.779. The van der Waals surface area contributed by atoms with Gasteiger partial charge in [-0.1, -0.05) is 6.07 Å². The van der Waals surface area contributed by atoms with E-state index in [0.29, 0.717) is 0 Å². The molecule has 3 nitrogen and oxygen atoms in total. The summed E-state index contributed by atoms with van der Waals surface area (Å²) in [7, 11) is 0. The summed E-state index contributed by atoms with van der Waals surface area (Å²) in [5, 5.41) is 15.9. The Bertz CT molecular complexity index is 278. The van der Waals surface area contributed by atoms with Crippen molar-refractivity contribution in [1.82, 2.24) is 0 Å². The van der Waals surface area contributed by atoms with Gasteiger partial charge in [0.15, 0.2) is 0 Å². The molecular formula is C7H7FN2O. The molecule has 11 heavy (non-hydrogen) atoms. The lowest BCUT2D eigenvalue weighted by Crippen LogP contribution is -2.13. The predicted octanol–water partition coefficient (Wildman–Crippen LogP) is 0.815. The molecule has 0 aromatic heterocycles. The highest BCUT2D eigenvalue weighted by Gasteiger charge is 2.08. The molecule has 0 bridgehead atoms. The van der Waals surface area contributed by atoms with Crippen molar-refractivity contribution in [3.63, 3.8) is 0 Å². The summed E-state index contributed by atoms with van der Waals surface area (Å²) in [6.07, 6.45) is 0. The highest BCUT2D eigenvalue weighted by Crippen LogP contribution is 2.18. The van der Waals surface area contributed by atoms with E-state index >= 15 is 0 Å². The van der Waals surface area contributed by atoms with Crippen LogP contribution in [0.5, 0.6) is 5.75 Å². The second-order valence-electron chi connectivity index (χ2n) is 2.05. The van der Waals surface area contributed by atoms with Gasteiger partial charge in [0.2, 0.25) is 0 Å². The fourth-order valence-electron chi connectivity index (χ4n) is 0.779. The molecule has 0 fully saturated rings. The molecule has 4 heteroatoms. The van der Waals surface area contributed by atoms with Crippen LogP contribution in [-0.2, 0) is 0 Å². The first-order chi connectivity index (χ1) is 5.13. The van der Waals surface area contributed by atoms with Crippen LogP contribution in [0.1, 0.15) is 5.56 Å². The van der Waals surface area contributed by atoms with Gasteiger partial charge in [-0.05, 0) is 12.1 Å². The van der Waals surface area contributed by atoms with Crippen molar-refractivity contribution in [3.8, 4) is 5.75 Å². The average molecular weight is 154 g/mol. The zero-order valence-electron chi connectivity index (χ0n) is 5.63. The minimum atomic E-state index is -0.683. The lowest BCUT2D eigenvalue weighted by Gasteiger charge is -2.01. The summed E-state index contributed by atoms with van der Waals surface area (Å²) in [5.41, 5.74) is 4.76. The fraction of sp³-hybridized carbons (Fsp3) is 0. The van der Waals surface area contributed by atoms with E-state index in [4.69, 9.17) is 16.2 Å². The highest BCUT2D eigenvalue weighted by atomic mass is 19.1. The van der Waals surface area contributed by atoms with Crippen LogP contribution in [-0.4, -0.2) is 10.9 Å². The number of hydrogen-bond acceptors (Lipinski definition) is 2. The van der Waals surface area contributed by atoms with Crippen LogP contribution in [0.15, 0.2) is 18.2 Å². The van der Waals surface area contributed by atoms with Crippen molar-refractivity contribution in [2.24, 2.45) is 5.73 Å². The third-order valence-corrected chi connectivity index (χ3v) is 1.26. The Morgan fingerprint density at radius 1 is 1.55 bits per heavy atom. The zero-order chi connectivity index (χ0) is 8.43. The summed E-state index contributed by atoms with van der Waals surface area (Å²) >= 11 is 0. The Labute approximate surface area is 62.8 Å². The summed E-state index contributed by atoms with van der Waals surface area (Å²) in [6.45, 7) is 0. The Morgan fingerprint density at radius 2 is 2.18 bits per heavy atom. The molecule has 0 aliphatic heterocycles. The lowest BCUT2D eigenvalue weighted by atomic mass is 10.2. The number of benzene rings is 1. The smallest absolute Gasteiger partial charge is 0.137 e. The van der Waals surface area contributed by atoms with Crippen LogP contribution in [0.3, 0.4) is 0 Å². The second-order valence-corrected chi connectivity index (χ2v) is 2.05. The molecule has 1 aromatic rings. The number of halogens is 1. The van der Waals surface area contributed by atoms with E-state index in [0.717, 1.165) is 6.07 Å². The molecule has 0 saturated carbocycles. The number of nitrogen functional groups attached to an aromatic ring is 1. The number of nitrogens with two attached hydrogens (primary N) is 1. The molecule has 0 amide bonds. The monoisotopic (exact) mass is 154 g/mol. The molecule has 58 valence electrons. The van der Waals surface area contributed by atoms with Gasteiger partial charge in [0.05, 0.1) is 5.56 Å². The predicted molar refractivity (Wildman–Crippen MR) is 39.1 cm³/mol. The molecule has 0 aliphatic rings. The highest BCUT2D eigenvalue weighted by molar-refractivity contribution is 5.97. The maximum atomic E-state index is 12.7. The molecule has 4 N–H and O–H groups in total. The summed E-state index contributed by atoms with van der Waals surface area (Å²) in [4.78, 5) is 0. The van der Waals surface area contributed by atoms with Gasteiger partial charge in [0, 0.05) is 0 Å². The van der Waals surface area contributed by atoms with Gasteiger partial charge >= 0.3 is 0 Å². The molecule has 1 rings (SSSR count). The second kappa shape index (κ2) is 2.57. The number of amidine groups is 1. The van der Waals surface area contributed by atoms with Crippen LogP contribution in [0.2, 0.25) is 0 Å². The first kappa shape index (κ1) is 7.53. The van der Waals surface area contributed by atoms with E-state index < -0.39 is 11.7 Å². The van der Waals surface area contributed by atoms with Crippen LogP contribution in [0.4, 0.5) is 4.39 Å². The quantitative estimate of drug-likeness (QED) is 0.414. The molecule has 0 aliphatic carbocycles. The van der Waals surface area contributed by atoms with Crippen molar-refractivity contribution < 1.29 is 9.50 Å². The van der Waals surface area contributed by atoms with Crippen LogP contribution in [0.25, 0.3) is 0 Å². The summed E-state index contributed by atoms with van der Waals surface area (Å²) in [5.74, 6) is -1.46. The maximum Gasteiger partial charge on any atom is 0.137 e. The minimum absolute atomic E-state index is 0.243. The van der Waals surface area contributed by atoms with Gasteiger partial charge < -0.3 is 10.8 Å². The number of rotatable bonds is 1. The van der Waals surface area contributed by atoms with E-state index in [1.165, 1.54) is 12.1 Å². The Kier molecular flexibility index (Phi) is 1.76. The Morgan fingerprint density at radius 3 is 2.55 bits per heavy atom. The molecule has 0 spiro atoms. The van der Waals surface area contributed by atoms with Crippen LogP contribution < -0.4 is 5.73 Å². The standard InChI is InChI=1S/C7H7FN2O/c8-4-2-1-3-5(11)6(4)7(9)10/h1-3,11H,(H3,9,10). The molecule has 0 heterocycles. The summed E-state index contributed by atoms with van der Waals surface area (Å²) < 4.78 is 12.7. The van der Waals surface area contributed by atoms with Crippen LogP contribution in [0, 0.1) is 11.2 Å². The Balaban J connectivity index is 3.32. The topological polar surface area (TPSA) is 70.1 Å². The van der Waals surface area contributed by atoms with Crippen LogP contribution >= 0.6 is 0 Å². The maximum absolute atomic E-state index is 12.7. The average Bonchev–Trinajstić information content (AvgIpc) is 1.85. The van der Waals surface area contributed by atoms with E-state index in [1.807, 2.05) is 0 Å². The van der Waals surface area contributed by atoms with Gasteiger partial charge in [-0.25, -0.2) is 4.39 Å². The van der Waals surface area contributed by atoms with Crippen molar-refractivity contribution >= 4 is 5.84 Å². The molecule has 0 saturated heterocycles. The van der Waals surface area contributed by atoms with Gasteiger partial charge in [-0.2, -0.15) is 0 Å². The van der Waals surface area contributed by atoms with Crippen molar-refractivity contribution in [1.29, 1.82) is 5.41 Å². The first-order valence-corrected chi connectivity index (χ1v) is 2.95.